The third-order valence-corrected chi connectivity index (χ3v) is 3.01. The number of hydrogen-bond acceptors (Lipinski definition) is 2. The second-order valence-corrected chi connectivity index (χ2v) is 4.47. The minimum atomic E-state index is 0.423. The first-order chi connectivity index (χ1) is 9.11. The largest absolute Gasteiger partial charge is 0.457 e. The highest BCUT2D eigenvalue weighted by atomic mass is 16.5. The fourth-order valence-corrected chi connectivity index (χ4v) is 1.92. The number of ether oxygens (including phenoxy) is 1. The zero-order valence-corrected chi connectivity index (χ0v) is 11.4. The Labute approximate surface area is 113 Å². The van der Waals surface area contributed by atoms with E-state index in [1.807, 2.05) is 56.3 Å². The maximum absolute atomic E-state index is 7.86. The van der Waals surface area contributed by atoms with Crippen molar-refractivity contribution in [1.82, 2.24) is 5.32 Å². The van der Waals surface area contributed by atoms with E-state index in [1.54, 1.807) is 7.05 Å². The Morgan fingerprint density at radius 3 is 2.37 bits per heavy atom. The summed E-state index contributed by atoms with van der Waals surface area (Å²) in [6, 6.07) is 13.7. The lowest BCUT2D eigenvalue weighted by Gasteiger charge is -2.13. The number of hydrogen-bond donors (Lipinski definition) is 2. The van der Waals surface area contributed by atoms with Crippen molar-refractivity contribution in [2.24, 2.45) is 0 Å². The Kier molecular flexibility index (Phi) is 3.85. The summed E-state index contributed by atoms with van der Waals surface area (Å²) in [6.45, 7) is 3.97. The van der Waals surface area contributed by atoms with E-state index in [4.69, 9.17) is 10.1 Å². The Morgan fingerprint density at radius 1 is 1.05 bits per heavy atom. The number of rotatable bonds is 3. The van der Waals surface area contributed by atoms with E-state index in [2.05, 4.69) is 5.32 Å². The molecule has 0 aliphatic rings. The monoisotopic (exact) mass is 254 g/mol. The highest BCUT2D eigenvalue weighted by Crippen LogP contribution is 2.27. The maximum atomic E-state index is 7.86. The molecule has 0 aromatic heterocycles. The molecule has 0 heterocycles. The van der Waals surface area contributed by atoms with E-state index in [9.17, 15) is 0 Å². The SMILES string of the molecule is CNC(=N)c1cc(C)c(Oc2ccccc2)cc1C. The fourth-order valence-electron chi connectivity index (χ4n) is 1.92. The van der Waals surface area contributed by atoms with Gasteiger partial charge in [0.25, 0.3) is 0 Å². The summed E-state index contributed by atoms with van der Waals surface area (Å²) in [5.74, 6) is 2.07. The summed E-state index contributed by atoms with van der Waals surface area (Å²) in [5.41, 5.74) is 2.95. The van der Waals surface area contributed by atoms with Crippen molar-refractivity contribution in [3.8, 4) is 11.5 Å². The van der Waals surface area contributed by atoms with E-state index < -0.39 is 0 Å². The van der Waals surface area contributed by atoms with Gasteiger partial charge in [-0.3, -0.25) is 5.41 Å². The normalized spacial score (nSPS) is 10.1. The van der Waals surface area contributed by atoms with Gasteiger partial charge in [0.15, 0.2) is 0 Å². The third kappa shape index (κ3) is 2.94. The average Bonchev–Trinajstić information content (AvgIpc) is 2.43. The van der Waals surface area contributed by atoms with Gasteiger partial charge in [0.05, 0.1) is 0 Å². The van der Waals surface area contributed by atoms with E-state index in [-0.39, 0.29) is 0 Å². The molecule has 0 aliphatic heterocycles. The fraction of sp³-hybridized carbons (Fsp3) is 0.188. The van der Waals surface area contributed by atoms with Crippen molar-refractivity contribution < 1.29 is 4.74 Å². The van der Waals surface area contributed by atoms with Crippen LogP contribution < -0.4 is 10.1 Å². The molecule has 98 valence electrons. The second kappa shape index (κ2) is 5.57. The van der Waals surface area contributed by atoms with E-state index in [1.165, 1.54) is 0 Å². The van der Waals surface area contributed by atoms with Crippen LogP contribution in [0.4, 0.5) is 0 Å². The van der Waals surface area contributed by atoms with Gasteiger partial charge < -0.3 is 10.1 Å². The predicted octanol–water partition coefficient (Wildman–Crippen LogP) is 3.64. The zero-order chi connectivity index (χ0) is 13.8. The quantitative estimate of drug-likeness (QED) is 0.649. The Balaban J connectivity index is 2.33. The summed E-state index contributed by atoms with van der Waals surface area (Å²) in [5, 5.41) is 10.7. The molecule has 0 radical (unpaired) electrons. The van der Waals surface area contributed by atoms with Crippen molar-refractivity contribution in [2.75, 3.05) is 7.05 Å². The van der Waals surface area contributed by atoms with Gasteiger partial charge in [0.2, 0.25) is 0 Å². The van der Waals surface area contributed by atoms with Crippen LogP contribution in [-0.4, -0.2) is 12.9 Å². The van der Waals surface area contributed by atoms with Gasteiger partial charge in [0.1, 0.15) is 17.3 Å². The molecule has 0 bridgehead atoms. The molecule has 0 spiro atoms. The summed E-state index contributed by atoms with van der Waals surface area (Å²) in [4.78, 5) is 0. The number of nitrogens with one attached hydrogen (secondary N) is 2. The molecule has 0 saturated carbocycles. The van der Waals surface area contributed by atoms with Gasteiger partial charge >= 0.3 is 0 Å². The van der Waals surface area contributed by atoms with Gasteiger partial charge in [-0.1, -0.05) is 18.2 Å². The minimum absolute atomic E-state index is 0.423. The van der Waals surface area contributed by atoms with Crippen molar-refractivity contribution in [3.05, 3.63) is 59.2 Å². The number of benzene rings is 2. The Hall–Kier alpha value is -2.29. The number of para-hydroxylation sites is 1. The molecular formula is C16H18N2O. The standard InChI is InChI=1S/C16H18N2O/c1-11-10-15(19-13-7-5-4-6-8-13)12(2)9-14(11)16(17)18-3/h4-10H,1-3H3,(H2,17,18). The number of aryl methyl sites for hydroxylation is 2. The van der Waals surface area contributed by atoms with Crippen LogP contribution in [0.3, 0.4) is 0 Å². The van der Waals surface area contributed by atoms with Gasteiger partial charge in [-0.05, 0) is 49.2 Å². The van der Waals surface area contributed by atoms with E-state index in [0.29, 0.717) is 5.84 Å². The third-order valence-electron chi connectivity index (χ3n) is 3.01. The molecule has 3 heteroatoms. The first kappa shape index (κ1) is 13.1. The van der Waals surface area contributed by atoms with Crippen LogP contribution in [0.1, 0.15) is 16.7 Å². The summed E-state index contributed by atoms with van der Waals surface area (Å²) >= 11 is 0. The predicted molar refractivity (Wildman–Crippen MR) is 78.3 cm³/mol. The minimum Gasteiger partial charge on any atom is -0.457 e. The molecule has 2 aromatic rings. The molecule has 0 unspecified atom stereocenters. The molecule has 0 aliphatic carbocycles. The van der Waals surface area contributed by atoms with E-state index >= 15 is 0 Å². The molecule has 0 fully saturated rings. The molecular weight excluding hydrogens is 236 g/mol. The van der Waals surface area contributed by atoms with Gasteiger partial charge in [-0.15, -0.1) is 0 Å². The molecule has 0 atom stereocenters. The molecule has 0 saturated heterocycles. The van der Waals surface area contributed by atoms with Crippen LogP contribution in [-0.2, 0) is 0 Å². The molecule has 2 aromatic carbocycles. The average molecular weight is 254 g/mol. The first-order valence-electron chi connectivity index (χ1n) is 6.22. The molecule has 3 nitrogen and oxygen atoms in total. The van der Waals surface area contributed by atoms with Crippen molar-refractivity contribution >= 4 is 5.84 Å². The summed E-state index contributed by atoms with van der Waals surface area (Å²) in [7, 11) is 1.76. The van der Waals surface area contributed by atoms with Crippen LogP contribution >= 0.6 is 0 Å². The molecule has 2 rings (SSSR count). The maximum Gasteiger partial charge on any atom is 0.130 e. The Bertz CT molecular complexity index is 591. The lowest BCUT2D eigenvalue weighted by atomic mass is 10.0. The summed E-state index contributed by atoms with van der Waals surface area (Å²) in [6.07, 6.45) is 0. The van der Waals surface area contributed by atoms with Crippen LogP contribution in [0.2, 0.25) is 0 Å². The number of amidine groups is 1. The van der Waals surface area contributed by atoms with Crippen LogP contribution in [0.25, 0.3) is 0 Å². The van der Waals surface area contributed by atoms with Crippen LogP contribution in [0.15, 0.2) is 42.5 Å². The molecule has 0 amide bonds. The summed E-state index contributed by atoms with van der Waals surface area (Å²) < 4.78 is 5.87. The van der Waals surface area contributed by atoms with Crippen molar-refractivity contribution in [3.63, 3.8) is 0 Å². The van der Waals surface area contributed by atoms with Crippen molar-refractivity contribution in [1.29, 1.82) is 5.41 Å². The topological polar surface area (TPSA) is 45.1 Å². The smallest absolute Gasteiger partial charge is 0.130 e. The highest BCUT2D eigenvalue weighted by Gasteiger charge is 2.09. The van der Waals surface area contributed by atoms with Crippen LogP contribution in [0.5, 0.6) is 11.5 Å². The van der Waals surface area contributed by atoms with E-state index in [0.717, 1.165) is 28.2 Å². The van der Waals surface area contributed by atoms with Gasteiger partial charge in [-0.2, -0.15) is 0 Å². The van der Waals surface area contributed by atoms with Gasteiger partial charge in [-0.25, -0.2) is 0 Å². The lowest BCUT2D eigenvalue weighted by Crippen LogP contribution is -2.19. The molecule has 2 N–H and O–H groups in total. The van der Waals surface area contributed by atoms with Crippen molar-refractivity contribution in [2.45, 2.75) is 13.8 Å². The highest BCUT2D eigenvalue weighted by molar-refractivity contribution is 5.97. The zero-order valence-electron chi connectivity index (χ0n) is 11.4. The van der Waals surface area contributed by atoms with Gasteiger partial charge in [0, 0.05) is 12.6 Å². The Morgan fingerprint density at radius 2 is 1.74 bits per heavy atom. The molecule has 19 heavy (non-hydrogen) atoms. The second-order valence-electron chi connectivity index (χ2n) is 4.47. The van der Waals surface area contributed by atoms with Crippen LogP contribution in [0, 0.1) is 19.3 Å². The lowest BCUT2D eigenvalue weighted by molar-refractivity contribution is 0.478. The first-order valence-corrected chi connectivity index (χ1v) is 6.22.